The minimum absolute atomic E-state index is 0.0236. The Kier molecular flexibility index (Phi) is 6.06. The number of piperidine rings is 1. The fraction of sp³-hybridized carbons (Fsp3) is 0.400. The maximum absolute atomic E-state index is 12.4. The number of hydrogen-bond donors (Lipinski definition) is 1. The molecule has 2 aromatic rings. The first-order valence-electron chi connectivity index (χ1n) is 9.00. The summed E-state index contributed by atoms with van der Waals surface area (Å²) in [6.07, 6.45) is 2.27. The lowest BCUT2D eigenvalue weighted by molar-refractivity contribution is -0.128. The molecule has 3 rings (SSSR count). The number of aryl methyl sites for hydroxylation is 1. The van der Waals surface area contributed by atoms with Gasteiger partial charge in [0.25, 0.3) is 11.8 Å². The van der Waals surface area contributed by atoms with Crippen LogP contribution < -0.4 is 10.1 Å². The molecule has 0 radical (unpaired) electrons. The van der Waals surface area contributed by atoms with E-state index in [0.717, 1.165) is 5.56 Å². The van der Waals surface area contributed by atoms with E-state index in [2.05, 4.69) is 5.32 Å². The van der Waals surface area contributed by atoms with Crippen molar-refractivity contribution in [3.05, 3.63) is 52.9 Å². The number of halogens is 1. The number of hydrogen-bond acceptors (Lipinski definition) is 4. The highest BCUT2D eigenvalue weighted by Gasteiger charge is 2.27. The molecule has 0 aliphatic carbocycles. The SMILES string of the molecule is Cc1cc(Cl)ccc1O[C@H](C)C(=O)NC1CCN(C(=O)c2ccco2)CC1. The molecule has 6 nitrogen and oxygen atoms in total. The second-order valence-electron chi connectivity index (χ2n) is 6.72. The lowest BCUT2D eigenvalue weighted by Gasteiger charge is -2.32. The van der Waals surface area contributed by atoms with Gasteiger partial charge in [-0.05, 0) is 62.6 Å². The van der Waals surface area contributed by atoms with Crippen molar-refractivity contribution in [1.82, 2.24) is 10.2 Å². The molecule has 27 heavy (non-hydrogen) atoms. The monoisotopic (exact) mass is 390 g/mol. The van der Waals surface area contributed by atoms with E-state index >= 15 is 0 Å². The van der Waals surface area contributed by atoms with Crippen molar-refractivity contribution in [1.29, 1.82) is 0 Å². The molecule has 0 spiro atoms. The number of ether oxygens (including phenoxy) is 1. The van der Waals surface area contributed by atoms with E-state index < -0.39 is 6.10 Å². The van der Waals surface area contributed by atoms with Gasteiger partial charge in [-0.3, -0.25) is 9.59 Å². The molecule has 1 aromatic carbocycles. The van der Waals surface area contributed by atoms with Crippen molar-refractivity contribution in [2.24, 2.45) is 0 Å². The van der Waals surface area contributed by atoms with Crippen molar-refractivity contribution in [2.75, 3.05) is 13.1 Å². The van der Waals surface area contributed by atoms with Crippen LogP contribution in [0.2, 0.25) is 5.02 Å². The van der Waals surface area contributed by atoms with Gasteiger partial charge in [-0.25, -0.2) is 0 Å². The highest BCUT2D eigenvalue weighted by molar-refractivity contribution is 6.30. The number of nitrogens with one attached hydrogen (secondary N) is 1. The third kappa shape index (κ3) is 4.83. The summed E-state index contributed by atoms with van der Waals surface area (Å²) in [6.45, 7) is 4.77. The zero-order valence-electron chi connectivity index (χ0n) is 15.4. The Labute approximate surface area is 163 Å². The molecule has 0 unspecified atom stereocenters. The maximum atomic E-state index is 12.4. The Morgan fingerprint density at radius 2 is 2.04 bits per heavy atom. The fourth-order valence-corrected chi connectivity index (χ4v) is 3.32. The van der Waals surface area contributed by atoms with Gasteiger partial charge in [0, 0.05) is 24.2 Å². The van der Waals surface area contributed by atoms with E-state index in [4.69, 9.17) is 20.8 Å². The van der Waals surface area contributed by atoms with Gasteiger partial charge in [-0.15, -0.1) is 0 Å². The van der Waals surface area contributed by atoms with Crippen LogP contribution in [-0.4, -0.2) is 41.9 Å². The summed E-state index contributed by atoms with van der Waals surface area (Å²) in [6, 6.07) is 8.68. The number of carbonyl (C=O) groups excluding carboxylic acids is 2. The highest BCUT2D eigenvalue weighted by atomic mass is 35.5. The predicted octanol–water partition coefficient (Wildman–Crippen LogP) is 3.43. The summed E-state index contributed by atoms with van der Waals surface area (Å²) in [5.41, 5.74) is 0.881. The molecule has 0 bridgehead atoms. The molecule has 1 saturated heterocycles. The standard InChI is InChI=1S/C20H23ClN2O4/c1-13-12-15(21)5-6-17(13)27-14(2)19(24)22-16-7-9-23(10-8-16)20(25)18-4-3-11-26-18/h3-6,11-12,14,16H,7-10H2,1-2H3,(H,22,24)/t14-/m1/s1. The van der Waals surface area contributed by atoms with Crippen molar-refractivity contribution < 1.29 is 18.7 Å². The summed E-state index contributed by atoms with van der Waals surface area (Å²) in [7, 11) is 0. The lowest BCUT2D eigenvalue weighted by Crippen LogP contribution is -2.49. The van der Waals surface area contributed by atoms with Gasteiger partial charge in [0.15, 0.2) is 11.9 Å². The Morgan fingerprint density at radius 1 is 1.30 bits per heavy atom. The molecular formula is C20H23ClN2O4. The van der Waals surface area contributed by atoms with Crippen molar-refractivity contribution in [3.8, 4) is 5.75 Å². The third-order valence-corrected chi connectivity index (χ3v) is 4.91. The number of nitrogens with zero attached hydrogens (tertiary/aromatic N) is 1. The molecule has 1 aromatic heterocycles. The quantitative estimate of drug-likeness (QED) is 0.848. The first kappa shape index (κ1) is 19.3. The second-order valence-corrected chi connectivity index (χ2v) is 7.16. The van der Waals surface area contributed by atoms with Gasteiger partial charge in [-0.2, -0.15) is 0 Å². The molecule has 1 fully saturated rings. The van der Waals surface area contributed by atoms with Crippen LogP contribution in [0.1, 0.15) is 35.9 Å². The minimum atomic E-state index is -0.618. The molecule has 1 atom stereocenters. The molecule has 2 amide bonds. The summed E-state index contributed by atoms with van der Waals surface area (Å²) in [5.74, 6) is 0.707. The Balaban J connectivity index is 1.48. The van der Waals surface area contributed by atoms with Crippen LogP contribution in [-0.2, 0) is 4.79 Å². The molecule has 1 aliphatic heterocycles. The van der Waals surface area contributed by atoms with Gasteiger partial charge in [-0.1, -0.05) is 11.6 Å². The van der Waals surface area contributed by atoms with Gasteiger partial charge in [0.05, 0.1) is 6.26 Å². The summed E-state index contributed by atoms with van der Waals surface area (Å²) < 4.78 is 10.9. The summed E-state index contributed by atoms with van der Waals surface area (Å²) >= 11 is 5.94. The van der Waals surface area contributed by atoms with E-state index in [-0.39, 0.29) is 17.9 Å². The molecule has 7 heteroatoms. The minimum Gasteiger partial charge on any atom is -0.481 e. The van der Waals surface area contributed by atoms with E-state index in [1.807, 2.05) is 6.92 Å². The molecule has 1 N–H and O–H groups in total. The molecule has 0 saturated carbocycles. The van der Waals surface area contributed by atoms with Gasteiger partial charge in [0.1, 0.15) is 5.75 Å². The number of benzene rings is 1. The smallest absolute Gasteiger partial charge is 0.289 e. The number of rotatable bonds is 5. The average Bonchev–Trinajstić information content (AvgIpc) is 3.18. The predicted molar refractivity (Wildman–Crippen MR) is 102 cm³/mol. The van der Waals surface area contributed by atoms with Crippen LogP contribution in [0, 0.1) is 6.92 Å². The number of furan rings is 1. The first-order chi connectivity index (χ1) is 12.9. The number of amides is 2. The van der Waals surface area contributed by atoms with Gasteiger partial charge < -0.3 is 19.4 Å². The fourth-order valence-electron chi connectivity index (χ4n) is 3.09. The summed E-state index contributed by atoms with van der Waals surface area (Å²) in [4.78, 5) is 26.5. The van der Waals surface area contributed by atoms with Crippen LogP contribution in [0.4, 0.5) is 0 Å². The van der Waals surface area contributed by atoms with Crippen LogP contribution >= 0.6 is 11.6 Å². The van der Waals surface area contributed by atoms with Crippen molar-refractivity contribution in [2.45, 2.75) is 38.8 Å². The van der Waals surface area contributed by atoms with E-state index in [1.165, 1.54) is 6.26 Å². The van der Waals surface area contributed by atoms with Crippen LogP contribution in [0.25, 0.3) is 0 Å². The Morgan fingerprint density at radius 3 is 2.67 bits per heavy atom. The summed E-state index contributed by atoms with van der Waals surface area (Å²) in [5, 5.41) is 3.64. The maximum Gasteiger partial charge on any atom is 0.289 e. The van der Waals surface area contributed by atoms with E-state index in [1.54, 1.807) is 42.2 Å². The molecular weight excluding hydrogens is 368 g/mol. The third-order valence-electron chi connectivity index (χ3n) is 4.67. The van der Waals surface area contributed by atoms with Crippen LogP contribution in [0.5, 0.6) is 5.75 Å². The second kappa shape index (κ2) is 8.48. The Bertz CT molecular complexity index is 798. The average molecular weight is 391 g/mol. The topological polar surface area (TPSA) is 71.8 Å². The van der Waals surface area contributed by atoms with Gasteiger partial charge in [0.2, 0.25) is 0 Å². The normalized spacial score (nSPS) is 16.0. The molecule has 1 aliphatic rings. The molecule has 144 valence electrons. The van der Waals surface area contributed by atoms with Crippen molar-refractivity contribution >= 4 is 23.4 Å². The first-order valence-corrected chi connectivity index (χ1v) is 9.38. The van der Waals surface area contributed by atoms with Crippen LogP contribution in [0.15, 0.2) is 41.0 Å². The van der Waals surface area contributed by atoms with E-state index in [9.17, 15) is 9.59 Å². The van der Waals surface area contributed by atoms with Crippen LogP contribution in [0.3, 0.4) is 0 Å². The van der Waals surface area contributed by atoms with Crippen molar-refractivity contribution in [3.63, 3.8) is 0 Å². The number of carbonyl (C=O) groups is 2. The zero-order valence-corrected chi connectivity index (χ0v) is 16.2. The van der Waals surface area contributed by atoms with E-state index in [0.29, 0.717) is 42.5 Å². The van der Waals surface area contributed by atoms with Gasteiger partial charge >= 0.3 is 0 Å². The largest absolute Gasteiger partial charge is 0.481 e. The zero-order chi connectivity index (χ0) is 19.4. The molecule has 2 heterocycles. The highest BCUT2D eigenvalue weighted by Crippen LogP contribution is 2.23. The Hall–Kier alpha value is -2.47. The number of likely N-dealkylation sites (tertiary alicyclic amines) is 1. The lowest BCUT2D eigenvalue weighted by atomic mass is 10.0.